The summed E-state index contributed by atoms with van der Waals surface area (Å²) in [5.41, 5.74) is 0. The van der Waals surface area contributed by atoms with Crippen molar-refractivity contribution in [3.8, 4) is 17.2 Å². The molecular weight excluding hydrogens is 264 g/mol. The van der Waals surface area contributed by atoms with E-state index in [4.69, 9.17) is 9.47 Å². The number of hydrogen-bond donors (Lipinski definition) is 0. The lowest BCUT2D eigenvalue weighted by Gasteiger charge is -2.10. The normalized spacial score (nSPS) is 11.1. The van der Waals surface area contributed by atoms with E-state index in [9.17, 15) is 8.42 Å². The Morgan fingerprint density at radius 1 is 0.947 bits per heavy atom. The highest BCUT2D eigenvalue weighted by atomic mass is 32.2. The molecule has 0 heterocycles. The van der Waals surface area contributed by atoms with Crippen LogP contribution < -0.4 is 9.47 Å². The molecule has 0 amide bonds. The van der Waals surface area contributed by atoms with E-state index >= 15 is 0 Å². The van der Waals surface area contributed by atoms with Crippen LogP contribution in [0.15, 0.2) is 53.4 Å². The molecule has 2 rings (SSSR count). The molecule has 5 heteroatoms. The van der Waals surface area contributed by atoms with E-state index in [1.165, 1.54) is 12.1 Å². The molecular formula is C14H14O4S. The second kappa shape index (κ2) is 5.32. The number of hydrogen-bond acceptors (Lipinski definition) is 4. The van der Waals surface area contributed by atoms with Gasteiger partial charge in [-0.1, -0.05) is 18.2 Å². The molecule has 0 atom stereocenters. The van der Waals surface area contributed by atoms with Crippen LogP contribution in [0.3, 0.4) is 0 Å². The number of para-hydroxylation sites is 2. The van der Waals surface area contributed by atoms with Crippen LogP contribution in [-0.2, 0) is 9.84 Å². The standard InChI is InChI=1S/C14H14O4S/c1-17-13-8-3-4-9-14(13)18-11-6-5-7-12(10-11)19(2,15)16/h3-10H,1-2H3. The Bertz CT molecular complexity index is 677. The first-order valence-corrected chi connectivity index (χ1v) is 7.51. The zero-order chi connectivity index (χ0) is 13.9. The Morgan fingerprint density at radius 2 is 1.63 bits per heavy atom. The van der Waals surface area contributed by atoms with Gasteiger partial charge in [-0.3, -0.25) is 0 Å². The summed E-state index contributed by atoms with van der Waals surface area (Å²) in [7, 11) is -1.69. The number of benzene rings is 2. The Morgan fingerprint density at radius 3 is 2.26 bits per heavy atom. The van der Waals surface area contributed by atoms with Gasteiger partial charge in [0, 0.05) is 6.26 Å². The lowest BCUT2D eigenvalue weighted by molar-refractivity contribution is 0.378. The van der Waals surface area contributed by atoms with Crippen LogP contribution in [0.1, 0.15) is 0 Å². The number of rotatable bonds is 4. The van der Waals surface area contributed by atoms with Crippen molar-refractivity contribution in [2.75, 3.05) is 13.4 Å². The number of ether oxygens (including phenoxy) is 2. The molecule has 0 aliphatic carbocycles. The van der Waals surface area contributed by atoms with Crippen molar-refractivity contribution in [3.05, 3.63) is 48.5 Å². The quantitative estimate of drug-likeness (QED) is 0.863. The lowest BCUT2D eigenvalue weighted by atomic mass is 10.3. The minimum Gasteiger partial charge on any atom is -0.493 e. The minimum atomic E-state index is -3.24. The molecule has 0 N–H and O–H groups in total. The highest BCUT2D eigenvalue weighted by Crippen LogP contribution is 2.31. The van der Waals surface area contributed by atoms with Crippen molar-refractivity contribution in [2.24, 2.45) is 0 Å². The van der Waals surface area contributed by atoms with E-state index in [2.05, 4.69) is 0 Å². The van der Waals surface area contributed by atoms with E-state index in [0.29, 0.717) is 17.2 Å². The first-order chi connectivity index (χ1) is 9.00. The molecule has 0 radical (unpaired) electrons. The van der Waals surface area contributed by atoms with Gasteiger partial charge in [-0.2, -0.15) is 0 Å². The third-order valence-electron chi connectivity index (χ3n) is 2.53. The second-order valence-electron chi connectivity index (χ2n) is 4.00. The van der Waals surface area contributed by atoms with Gasteiger partial charge in [0.15, 0.2) is 21.3 Å². The van der Waals surface area contributed by atoms with Crippen LogP contribution in [0, 0.1) is 0 Å². The molecule has 0 aliphatic heterocycles. The fraction of sp³-hybridized carbons (Fsp3) is 0.143. The fourth-order valence-electron chi connectivity index (χ4n) is 1.60. The summed E-state index contributed by atoms with van der Waals surface area (Å²) >= 11 is 0. The van der Waals surface area contributed by atoms with Crippen molar-refractivity contribution >= 4 is 9.84 Å². The van der Waals surface area contributed by atoms with Gasteiger partial charge < -0.3 is 9.47 Å². The van der Waals surface area contributed by atoms with Gasteiger partial charge in [0.2, 0.25) is 0 Å². The van der Waals surface area contributed by atoms with Gasteiger partial charge in [0.25, 0.3) is 0 Å². The molecule has 0 saturated heterocycles. The van der Waals surface area contributed by atoms with Gasteiger partial charge in [-0.05, 0) is 30.3 Å². The summed E-state index contributed by atoms with van der Waals surface area (Å²) in [5.74, 6) is 1.58. The molecule has 0 aliphatic rings. The maximum Gasteiger partial charge on any atom is 0.175 e. The molecule has 2 aromatic rings. The molecule has 0 unspecified atom stereocenters. The van der Waals surface area contributed by atoms with E-state index in [1.54, 1.807) is 31.4 Å². The van der Waals surface area contributed by atoms with Gasteiger partial charge in [0.1, 0.15) is 5.75 Å². The first-order valence-electron chi connectivity index (χ1n) is 5.62. The van der Waals surface area contributed by atoms with E-state index in [-0.39, 0.29) is 4.90 Å². The summed E-state index contributed by atoms with van der Waals surface area (Å²) in [6.07, 6.45) is 1.16. The van der Waals surface area contributed by atoms with Crippen LogP contribution in [0.4, 0.5) is 0 Å². The molecule has 4 nitrogen and oxygen atoms in total. The van der Waals surface area contributed by atoms with Crippen LogP contribution in [-0.4, -0.2) is 21.8 Å². The highest BCUT2D eigenvalue weighted by molar-refractivity contribution is 7.90. The van der Waals surface area contributed by atoms with Crippen LogP contribution in [0.5, 0.6) is 17.2 Å². The van der Waals surface area contributed by atoms with Gasteiger partial charge >= 0.3 is 0 Å². The van der Waals surface area contributed by atoms with Crippen LogP contribution in [0.25, 0.3) is 0 Å². The molecule has 19 heavy (non-hydrogen) atoms. The molecule has 0 fully saturated rings. The van der Waals surface area contributed by atoms with Gasteiger partial charge in [-0.25, -0.2) is 8.42 Å². The summed E-state index contributed by atoms with van der Waals surface area (Å²) in [5, 5.41) is 0. The smallest absolute Gasteiger partial charge is 0.175 e. The zero-order valence-electron chi connectivity index (χ0n) is 10.7. The predicted molar refractivity (Wildman–Crippen MR) is 72.6 cm³/mol. The maximum atomic E-state index is 11.5. The monoisotopic (exact) mass is 278 g/mol. The average molecular weight is 278 g/mol. The number of sulfone groups is 1. The summed E-state index contributed by atoms with van der Waals surface area (Å²) in [6.45, 7) is 0. The zero-order valence-corrected chi connectivity index (χ0v) is 11.5. The number of methoxy groups -OCH3 is 1. The second-order valence-corrected chi connectivity index (χ2v) is 6.02. The van der Waals surface area contributed by atoms with E-state index in [1.807, 2.05) is 12.1 Å². The Kier molecular flexibility index (Phi) is 3.76. The minimum absolute atomic E-state index is 0.222. The van der Waals surface area contributed by atoms with Gasteiger partial charge in [-0.15, -0.1) is 0 Å². The topological polar surface area (TPSA) is 52.6 Å². The van der Waals surface area contributed by atoms with Gasteiger partial charge in [0.05, 0.1) is 12.0 Å². The Hall–Kier alpha value is -2.01. The largest absolute Gasteiger partial charge is 0.493 e. The average Bonchev–Trinajstić information content (AvgIpc) is 2.39. The third kappa shape index (κ3) is 3.26. The lowest BCUT2D eigenvalue weighted by Crippen LogP contribution is -1.97. The summed E-state index contributed by atoms with van der Waals surface area (Å²) in [4.78, 5) is 0.222. The summed E-state index contributed by atoms with van der Waals surface area (Å²) < 4.78 is 33.8. The molecule has 0 spiro atoms. The molecule has 100 valence electrons. The maximum absolute atomic E-state index is 11.5. The van der Waals surface area contributed by atoms with Crippen molar-refractivity contribution in [2.45, 2.75) is 4.90 Å². The Balaban J connectivity index is 2.34. The predicted octanol–water partition coefficient (Wildman–Crippen LogP) is 2.89. The molecule has 0 bridgehead atoms. The van der Waals surface area contributed by atoms with E-state index < -0.39 is 9.84 Å². The first kappa shape index (κ1) is 13.4. The third-order valence-corrected chi connectivity index (χ3v) is 3.64. The van der Waals surface area contributed by atoms with E-state index in [0.717, 1.165) is 6.26 Å². The van der Waals surface area contributed by atoms with Crippen LogP contribution >= 0.6 is 0 Å². The molecule has 2 aromatic carbocycles. The van der Waals surface area contributed by atoms with Crippen molar-refractivity contribution in [1.82, 2.24) is 0 Å². The van der Waals surface area contributed by atoms with Crippen molar-refractivity contribution in [3.63, 3.8) is 0 Å². The van der Waals surface area contributed by atoms with Crippen molar-refractivity contribution in [1.29, 1.82) is 0 Å². The fourth-order valence-corrected chi connectivity index (χ4v) is 2.25. The molecule has 0 saturated carbocycles. The van der Waals surface area contributed by atoms with Crippen LogP contribution in [0.2, 0.25) is 0 Å². The molecule has 0 aromatic heterocycles. The SMILES string of the molecule is COc1ccccc1Oc1cccc(S(C)(=O)=O)c1. The Labute approximate surface area is 112 Å². The highest BCUT2D eigenvalue weighted by Gasteiger charge is 2.09. The van der Waals surface area contributed by atoms with Crippen molar-refractivity contribution < 1.29 is 17.9 Å². The summed E-state index contributed by atoms with van der Waals surface area (Å²) in [6, 6.07) is 13.5.